The Hall–Kier alpha value is -6.57. The first-order chi connectivity index (χ1) is 29.6. The molecular formula is C43H46O19. The van der Waals surface area contributed by atoms with Crippen LogP contribution in [0, 0.1) is 0 Å². The van der Waals surface area contributed by atoms with Crippen molar-refractivity contribution in [2.45, 2.75) is 96.0 Å². The van der Waals surface area contributed by atoms with Crippen molar-refractivity contribution in [1.82, 2.24) is 0 Å². The van der Waals surface area contributed by atoms with Gasteiger partial charge in [0.1, 0.15) is 43.0 Å². The third kappa shape index (κ3) is 12.7. The molecule has 19 nitrogen and oxygen atoms in total. The molecule has 3 aromatic carbocycles. The summed E-state index contributed by atoms with van der Waals surface area (Å²) in [6, 6.07) is 21.8. The Morgan fingerprint density at radius 1 is 0.452 bits per heavy atom. The van der Waals surface area contributed by atoms with E-state index in [9.17, 15) is 33.6 Å². The first-order valence-corrected chi connectivity index (χ1v) is 19.2. The van der Waals surface area contributed by atoms with Gasteiger partial charge in [0, 0.05) is 34.6 Å². The number of benzene rings is 3. The van der Waals surface area contributed by atoms with Crippen LogP contribution in [0.4, 0.5) is 0 Å². The second kappa shape index (κ2) is 21.8. The van der Waals surface area contributed by atoms with Crippen LogP contribution in [0.5, 0.6) is 11.5 Å². The largest absolute Gasteiger partial charge is 0.497 e. The highest BCUT2D eigenvalue weighted by atomic mass is 16.8. The number of hydrogen-bond acceptors (Lipinski definition) is 19. The topological polar surface area (TPSA) is 230 Å². The van der Waals surface area contributed by atoms with Crippen molar-refractivity contribution in [3.63, 3.8) is 0 Å². The van der Waals surface area contributed by atoms with Crippen LogP contribution in [0.25, 0.3) is 0 Å². The second-order valence-corrected chi connectivity index (χ2v) is 13.8. The van der Waals surface area contributed by atoms with Crippen molar-refractivity contribution in [2.75, 3.05) is 20.3 Å². The minimum absolute atomic E-state index is 0.0577. The molecule has 0 spiro atoms. The van der Waals surface area contributed by atoms with E-state index in [1.54, 1.807) is 48.5 Å². The summed E-state index contributed by atoms with van der Waals surface area (Å²) < 4.78 is 70.2. The maximum atomic E-state index is 14.0. The van der Waals surface area contributed by atoms with Crippen LogP contribution in [-0.2, 0) is 71.3 Å². The van der Waals surface area contributed by atoms with Crippen LogP contribution < -0.4 is 9.47 Å². The van der Waals surface area contributed by atoms with E-state index < -0.39 is 116 Å². The van der Waals surface area contributed by atoms with Gasteiger partial charge in [-0.1, -0.05) is 36.4 Å². The zero-order valence-electron chi connectivity index (χ0n) is 34.5. The highest BCUT2D eigenvalue weighted by Crippen LogP contribution is 2.37. The average Bonchev–Trinajstić information content (AvgIpc) is 3.23. The Morgan fingerprint density at radius 2 is 0.855 bits per heavy atom. The predicted molar refractivity (Wildman–Crippen MR) is 207 cm³/mol. The Kier molecular flexibility index (Phi) is 16.3. The van der Waals surface area contributed by atoms with Crippen LogP contribution in [0.1, 0.15) is 55.3 Å². The van der Waals surface area contributed by atoms with Crippen molar-refractivity contribution >= 4 is 41.8 Å². The molecule has 2 fully saturated rings. The molecule has 19 heteroatoms. The fraction of sp³-hybridized carbons (Fsp3) is 0.419. The summed E-state index contributed by atoms with van der Waals surface area (Å²) in [5.74, 6) is -5.44. The Bertz CT molecular complexity index is 2020. The molecule has 62 heavy (non-hydrogen) atoms. The molecule has 0 aromatic heterocycles. The van der Waals surface area contributed by atoms with Gasteiger partial charge in [-0.2, -0.15) is 0 Å². The van der Waals surface area contributed by atoms with Crippen LogP contribution in [0.15, 0.2) is 84.9 Å². The van der Waals surface area contributed by atoms with E-state index in [0.717, 1.165) is 34.6 Å². The molecule has 0 radical (unpaired) electrons. The van der Waals surface area contributed by atoms with Gasteiger partial charge < -0.3 is 56.8 Å². The average molecular weight is 867 g/mol. The van der Waals surface area contributed by atoms with Gasteiger partial charge in [-0.3, -0.25) is 24.0 Å². The minimum Gasteiger partial charge on any atom is -0.497 e. The van der Waals surface area contributed by atoms with Gasteiger partial charge in [0.05, 0.1) is 18.2 Å². The summed E-state index contributed by atoms with van der Waals surface area (Å²) >= 11 is 0. The van der Waals surface area contributed by atoms with E-state index in [2.05, 4.69) is 0 Å². The number of hydrogen-bond donors (Lipinski definition) is 0. The van der Waals surface area contributed by atoms with Gasteiger partial charge in [-0.05, 0) is 48.5 Å². The third-order valence-electron chi connectivity index (χ3n) is 9.10. The van der Waals surface area contributed by atoms with Crippen LogP contribution >= 0.6 is 0 Å². The fourth-order valence-corrected chi connectivity index (χ4v) is 6.50. The van der Waals surface area contributed by atoms with Gasteiger partial charge >= 0.3 is 41.8 Å². The quantitative estimate of drug-likeness (QED) is 0.149. The summed E-state index contributed by atoms with van der Waals surface area (Å²) in [4.78, 5) is 89.9. The normalized spacial score (nSPS) is 25.5. The number of ether oxygens (including phenoxy) is 12. The van der Waals surface area contributed by atoms with Crippen LogP contribution in [-0.4, -0.2) is 124 Å². The smallest absolute Gasteiger partial charge is 0.338 e. The lowest BCUT2D eigenvalue weighted by Crippen LogP contribution is -2.67. The summed E-state index contributed by atoms with van der Waals surface area (Å²) in [6.45, 7) is 4.16. The third-order valence-corrected chi connectivity index (χ3v) is 9.10. The first kappa shape index (κ1) is 46.5. The SMILES string of the molecule is COc1ccc(O[C@@H]2O[C@H](COC(C)=O)[C@H](O[C@H]3O[C@H](COC(C)=O)[C@H](OC(C)=O)[C@H](OC(C)=O)[C@H]3OC(C)=O)[C@H](OC(=O)c3ccccc3)[C@H]2OC(=O)c2ccccc2)cc1. The maximum Gasteiger partial charge on any atom is 0.338 e. The molecule has 0 N–H and O–H groups in total. The minimum atomic E-state index is -1.87. The molecule has 3 aromatic rings. The molecule has 2 saturated heterocycles. The number of esters is 7. The lowest BCUT2D eigenvalue weighted by molar-refractivity contribution is -0.352. The van der Waals surface area contributed by atoms with Gasteiger partial charge in [0.2, 0.25) is 12.4 Å². The van der Waals surface area contributed by atoms with Crippen LogP contribution in [0.2, 0.25) is 0 Å². The molecule has 5 rings (SSSR count). The zero-order valence-corrected chi connectivity index (χ0v) is 34.5. The van der Waals surface area contributed by atoms with Crippen molar-refractivity contribution in [2.24, 2.45) is 0 Å². The molecule has 2 aliphatic rings. The molecule has 332 valence electrons. The zero-order chi connectivity index (χ0) is 44.9. The van der Waals surface area contributed by atoms with Crippen molar-refractivity contribution in [3.8, 4) is 11.5 Å². The second-order valence-electron chi connectivity index (χ2n) is 13.8. The molecule has 0 amide bonds. The number of carbonyl (C=O) groups excluding carboxylic acids is 7. The van der Waals surface area contributed by atoms with Crippen molar-refractivity contribution < 1.29 is 90.4 Å². The first-order valence-electron chi connectivity index (χ1n) is 19.2. The highest BCUT2D eigenvalue weighted by molar-refractivity contribution is 5.90. The van der Waals surface area contributed by atoms with Gasteiger partial charge in [-0.15, -0.1) is 0 Å². The van der Waals surface area contributed by atoms with Crippen molar-refractivity contribution in [1.29, 1.82) is 0 Å². The number of rotatable bonds is 16. The van der Waals surface area contributed by atoms with E-state index >= 15 is 0 Å². The lowest BCUT2D eigenvalue weighted by Gasteiger charge is -2.48. The number of carbonyl (C=O) groups is 7. The molecule has 2 aliphatic heterocycles. The molecule has 2 heterocycles. The van der Waals surface area contributed by atoms with E-state index in [-0.39, 0.29) is 16.9 Å². The predicted octanol–water partition coefficient (Wildman–Crippen LogP) is 3.28. The molecular weight excluding hydrogens is 820 g/mol. The van der Waals surface area contributed by atoms with E-state index in [0.29, 0.717) is 5.75 Å². The van der Waals surface area contributed by atoms with Gasteiger partial charge in [-0.25, -0.2) is 9.59 Å². The fourth-order valence-electron chi connectivity index (χ4n) is 6.50. The summed E-state index contributed by atoms with van der Waals surface area (Å²) in [5, 5.41) is 0. The Morgan fingerprint density at radius 3 is 1.34 bits per heavy atom. The van der Waals surface area contributed by atoms with E-state index in [4.69, 9.17) is 56.8 Å². The summed E-state index contributed by atoms with van der Waals surface area (Å²) in [6.07, 6.45) is -16.6. The maximum absolute atomic E-state index is 14.0. The standard InChI is InChI=1S/C43H46O19/c1-23(44)52-21-32-34(54-25(3)46)36(55-26(4)47)38(56-27(5)48)43(59-32)62-35-33(22-53-24(2)45)58-42(57-31-19-17-30(51-6)18-20-31)39(61-41(50)29-15-11-8-12-16-29)37(35)60-40(49)28-13-9-7-10-14-28/h7-20,32-39,42-43H,21-22H2,1-6H3/t32-,33-,34+,35+,36+,37+,38-,39-,42-,43-/m1/s1. The van der Waals surface area contributed by atoms with Gasteiger partial charge in [0.25, 0.3) is 0 Å². The van der Waals surface area contributed by atoms with E-state index in [1.807, 2.05) is 0 Å². The molecule has 0 aliphatic carbocycles. The highest BCUT2D eigenvalue weighted by Gasteiger charge is 2.58. The molecule has 0 unspecified atom stereocenters. The Labute approximate surface area is 355 Å². The molecule has 0 saturated carbocycles. The molecule has 0 bridgehead atoms. The van der Waals surface area contributed by atoms with Crippen LogP contribution in [0.3, 0.4) is 0 Å². The number of methoxy groups -OCH3 is 1. The monoisotopic (exact) mass is 866 g/mol. The molecule has 10 atom stereocenters. The lowest BCUT2D eigenvalue weighted by atomic mass is 9.95. The summed E-state index contributed by atoms with van der Waals surface area (Å²) in [7, 11) is 1.47. The van der Waals surface area contributed by atoms with Crippen molar-refractivity contribution in [3.05, 3.63) is 96.1 Å². The summed E-state index contributed by atoms with van der Waals surface area (Å²) in [5.41, 5.74) is 0.144. The van der Waals surface area contributed by atoms with E-state index in [1.165, 1.54) is 43.5 Å². The van der Waals surface area contributed by atoms with Gasteiger partial charge in [0.15, 0.2) is 30.7 Å². The Balaban J connectivity index is 1.67.